The zero-order valence-corrected chi connectivity index (χ0v) is 13.5. The third-order valence-electron chi connectivity index (χ3n) is 3.54. The Bertz CT molecular complexity index is 1030. The van der Waals surface area contributed by atoms with Crippen LogP contribution in [0.3, 0.4) is 0 Å². The highest BCUT2D eigenvalue weighted by atomic mass is 16.2. The summed E-state index contributed by atoms with van der Waals surface area (Å²) in [5.41, 5.74) is 1.36. The van der Waals surface area contributed by atoms with Gasteiger partial charge in [0.05, 0.1) is 5.69 Å². The number of hydrogen-bond acceptors (Lipinski definition) is 6. The standard InChI is InChI=1S/C18H13N7O/c26-18(17-21-12-22-25(17)13-6-2-1-3-7-13)24-15-9-11-20-16(23-15)14-8-4-5-10-19-14/h1-12H,(H,20,23,24,26). The van der Waals surface area contributed by atoms with Crippen LogP contribution in [0.5, 0.6) is 0 Å². The average molecular weight is 343 g/mol. The topological polar surface area (TPSA) is 98.5 Å². The Morgan fingerprint density at radius 1 is 0.885 bits per heavy atom. The van der Waals surface area contributed by atoms with Crippen molar-refractivity contribution in [2.24, 2.45) is 0 Å². The number of anilines is 1. The van der Waals surface area contributed by atoms with E-state index in [2.05, 4.69) is 30.4 Å². The second-order valence-corrected chi connectivity index (χ2v) is 5.27. The van der Waals surface area contributed by atoms with Crippen molar-refractivity contribution in [3.63, 3.8) is 0 Å². The lowest BCUT2D eigenvalue weighted by atomic mass is 10.3. The van der Waals surface area contributed by atoms with Gasteiger partial charge in [-0.05, 0) is 30.3 Å². The lowest BCUT2D eigenvalue weighted by Crippen LogP contribution is -2.19. The van der Waals surface area contributed by atoms with E-state index in [1.54, 1.807) is 24.5 Å². The predicted molar refractivity (Wildman–Crippen MR) is 94.6 cm³/mol. The van der Waals surface area contributed by atoms with Crippen LogP contribution in [0.15, 0.2) is 73.3 Å². The minimum absolute atomic E-state index is 0.161. The normalized spacial score (nSPS) is 10.5. The van der Waals surface area contributed by atoms with Crippen molar-refractivity contribution in [2.45, 2.75) is 0 Å². The second-order valence-electron chi connectivity index (χ2n) is 5.27. The Balaban J connectivity index is 1.60. The van der Waals surface area contributed by atoms with E-state index < -0.39 is 5.91 Å². The molecular formula is C18H13N7O. The Morgan fingerprint density at radius 2 is 1.73 bits per heavy atom. The first-order chi connectivity index (χ1) is 12.8. The van der Waals surface area contributed by atoms with E-state index in [0.29, 0.717) is 17.3 Å². The SMILES string of the molecule is O=C(Nc1ccnc(-c2ccccn2)n1)c1ncnn1-c1ccccc1. The smallest absolute Gasteiger partial charge is 0.294 e. The molecule has 1 N–H and O–H groups in total. The molecule has 0 spiro atoms. The Hall–Kier alpha value is -3.94. The lowest BCUT2D eigenvalue weighted by molar-refractivity contribution is 0.101. The number of nitrogens with one attached hydrogen (secondary N) is 1. The number of para-hydroxylation sites is 1. The molecule has 0 atom stereocenters. The summed E-state index contributed by atoms with van der Waals surface area (Å²) < 4.78 is 1.47. The van der Waals surface area contributed by atoms with E-state index in [0.717, 1.165) is 5.69 Å². The lowest BCUT2D eigenvalue weighted by Gasteiger charge is -2.07. The molecule has 0 fully saturated rings. The van der Waals surface area contributed by atoms with Crippen LogP contribution in [0.4, 0.5) is 5.82 Å². The minimum atomic E-state index is -0.419. The first kappa shape index (κ1) is 15.6. The number of pyridine rings is 1. The van der Waals surface area contributed by atoms with Gasteiger partial charge in [-0.15, -0.1) is 0 Å². The molecule has 0 aliphatic rings. The van der Waals surface area contributed by atoms with E-state index in [-0.39, 0.29) is 5.82 Å². The molecule has 126 valence electrons. The van der Waals surface area contributed by atoms with Gasteiger partial charge in [0.2, 0.25) is 5.82 Å². The van der Waals surface area contributed by atoms with Crippen molar-refractivity contribution in [2.75, 3.05) is 5.32 Å². The molecular weight excluding hydrogens is 330 g/mol. The zero-order valence-electron chi connectivity index (χ0n) is 13.5. The number of carbonyl (C=O) groups is 1. The average Bonchev–Trinajstić information content (AvgIpc) is 3.20. The van der Waals surface area contributed by atoms with Crippen LogP contribution in [0.25, 0.3) is 17.2 Å². The molecule has 8 nitrogen and oxygen atoms in total. The molecule has 1 amide bonds. The third kappa shape index (κ3) is 3.16. The van der Waals surface area contributed by atoms with Crippen molar-refractivity contribution in [1.29, 1.82) is 0 Å². The second kappa shape index (κ2) is 6.89. The molecule has 0 bridgehead atoms. The minimum Gasteiger partial charge on any atom is -0.304 e. The number of carbonyl (C=O) groups excluding carboxylic acids is 1. The molecule has 0 unspecified atom stereocenters. The number of hydrogen-bond donors (Lipinski definition) is 1. The summed E-state index contributed by atoms with van der Waals surface area (Å²) in [6.07, 6.45) is 4.56. The molecule has 8 heteroatoms. The van der Waals surface area contributed by atoms with E-state index in [1.165, 1.54) is 11.0 Å². The molecule has 0 aliphatic carbocycles. The van der Waals surface area contributed by atoms with Crippen LogP contribution in [-0.2, 0) is 0 Å². The summed E-state index contributed by atoms with van der Waals surface area (Å²) >= 11 is 0. The summed E-state index contributed by atoms with van der Waals surface area (Å²) in [4.78, 5) is 29.4. The Kier molecular flexibility index (Phi) is 4.13. The molecule has 4 rings (SSSR count). The molecule has 0 saturated carbocycles. The highest BCUT2D eigenvalue weighted by Crippen LogP contribution is 2.14. The van der Waals surface area contributed by atoms with Crippen LogP contribution in [0.1, 0.15) is 10.6 Å². The van der Waals surface area contributed by atoms with Crippen LogP contribution < -0.4 is 5.32 Å². The van der Waals surface area contributed by atoms with Crippen LogP contribution in [-0.4, -0.2) is 35.6 Å². The maximum absolute atomic E-state index is 12.6. The molecule has 0 saturated heterocycles. The van der Waals surface area contributed by atoms with E-state index in [9.17, 15) is 4.79 Å². The van der Waals surface area contributed by atoms with Crippen LogP contribution >= 0.6 is 0 Å². The fraction of sp³-hybridized carbons (Fsp3) is 0. The van der Waals surface area contributed by atoms with E-state index >= 15 is 0 Å². The first-order valence-corrected chi connectivity index (χ1v) is 7.82. The number of aromatic nitrogens is 6. The molecule has 0 radical (unpaired) electrons. The summed E-state index contributed by atoms with van der Waals surface area (Å²) in [7, 11) is 0. The summed E-state index contributed by atoms with van der Waals surface area (Å²) in [5, 5.41) is 6.84. The maximum Gasteiger partial charge on any atom is 0.294 e. The summed E-state index contributed by atoms with van der Waals surface area (Å²) in [6, 6.07) is 16.4. The van der Waals surface area contributed by atoms with E-state index in [1.807, 2.05) is 42.5 Å². The molecule has 3 heterocycles. The van der Waals surface area contributed by atoms with Crippen molar-refractivity contribution < 1.29 is 4.79 Å². The largest absolute Gasteiger partial charge is 0.304 e. The van der Waals surface area contributed by atoms with Gasteiger partial charge < -0.3 is 5.32 Å². The quantitative estimate of drug-likeness (QED) is 0.611. The monoisotopic (exact) mass is 343 g/mol. The van der Waals surface area contributed by atoms with Gasteiger partial charge in [-0.25, -0.2) is 19.6 Å². The molecule has 26 heavy (non-hydrogen) atoms. The fourth-order valence-electron chi connectivity index (χ4n) is 2.37. The molecule has 3 aromatic heterocycles. The maximum atomic E-state index is 12.6. The van der Waals surface area contributed by atoms with Gasteiger partial charge in [0.25, 0.3) is 5.91 Å². The van der Waals surface area contributed by atoms with Crippen molar-refractivity contribution in [1.82, 2.24) is 29.7 Å². The van der Waals surface area contributed by atoms with Crippen molar-refractivity contribution in [3.8, 4) is 17.2 Å². The number of rotatable bonds is 4. The Labute approximate surface area is 148 Å². The molecule has 4 aromatic rings. The highest BCUT2D eigenvalue weighted by molar-refractivity contribution is 6.01. The van der Waals surface area contributed by atoms with Gasteiger partial charge in [-0.1, -0.05) is 24.3 Å². The molecule has 0 aliphatic heterocycles. The third-order valence-corrected chi connectivity index (χ3v) is 3.54. The van der Waals surface area contributed by atoms with Crippen molar-refractivity contribution >= 4 is 11.7 Å². The first-order valence-electron chi connectivity index (χ1n) is 7.82. The summed E-state index contributed by atoms with van der Waals surface area (Å²) in [6.45, 7) is 0. The molecule has 1 aromatic carbocycles. The van der Waals surface area contributed by atoms with Crippen molar-refractivity contribution in [3.05, 3.63) is 79.1 Å². The fourth-order valence-corrected chi connectivity index (χ4v) is 2.37. The van der Waals surface area contributed by atoms with Gasteiger partial charge in [0.1, 0.15) is 17.8 Å². The number of amides is 1. The van der Waals surface area contributed by atoms with Gasteiger partial charge in [-0.3, -0.25) is 9.78 Å². The zero-order chi connectivity index (χ0) is 17.8. The van der Waals surface area contributed by atoms with Gasteiger partial charge in [0, 0.05) is 12.4 Å². The predicted octanol–water partition coefficient (Wildman–Crippen LogP) is 2.37. The van der Waals surface area contributed by atoms with E-state index in [4.69, 9.17) is 0 Å². The number of nitrogens with zero attached hydrogens (tertiary/aromatic N) is 6. The van der Waals surface area contributed by atoms with Gasteiger partial charge in [-0.2, -0.15) is 5.10 Å². The van der Waals surface area contributed by atoms with Gasteiger partial charge in [0.15, 0.2) is 5.82 Å². The van der Waals surface area contributed by atoms with Crippen LogP contribution in [0, 0.1) is 0 Å². The number of benzene rings is 1. The Morgan fingerprint density at radius 3 is 2.54 bits per heavy atom. The van der Waals surface area contributed by atoms with Crippen LogP contribution in [0.2, 0.25) is 0 Å². The summed E-state index contributed by atoms with van der Waals surface area (Å²) in [5.74, 6) is 0.521. The highest BCUT2D eigenvalue weighted by Gasteiger charge is 2.16. The van der Waals surface area contributed by atoms with Gasteiger partial charge >= 0.3 is 0 Å².